The van der Waals surface area contributed by atoms with E-state index in [-0.39, 0.29) is 5.97 Å². The van der Waals surface area contributed by atoms with Crippen molar-refractivity contribution in [1.82, 2.24) is 0 Å². The van der Waals surface area contributed by atoms with E-state index in [0.29, 0.717) is 5.56 Å². The van der Waals surface area contributed by atoms with Crippen molar-refractivity contribution in [3.8, 4) is 16.9 Å². The molecule has 3 nitrogen and oxygen atoms in total. The number of benzene rings is 2. The van der Waals surface area contributed by atoms with Crippen LogP contribution in [-0.4, -0.2) is 19.7 Å². The van der Waals surface area contributed by atoms with E-state index >= 15 is 0 Å². The molecule has 0 saturated heterocycles. The maximum absolute atomic E-state index is 11.4. The summed E-state index contributed by atoms with van der Waals surface area (Å²) in [6.45, 7) is 2.90. The van der Waals surface area contributed by atoms with Crippen LogP contribution in [0.25, 0.3) is 11.1 Å². The van der Waals surface area contributed by atoms with Crippen molar-refractivity contribution < 1.29 is 14.3 Å². The lowest BCUT2D eigenvalue weighted by atomic mass is 10.0. The molecule has 0 bridgehead atoms. The number of carbonyl (C=O) groups is 1. The van der Waals surface area contributed by atoms with Crippen LogP contribution >= 0.6 is 0 Å². The quantitative estimate of drug-likeness (QED) is 0.585. The SMILES string of the molecule is CCCCOc1ccc(-c2ccc(C(=O)OC)cc2)cc1. The summed E-state index contributed by atoms with van der Waals surface area (Å²) in [4.78, 5) is 11.4. The average Bonchev–Trinajstić information content (AvgIpc) is 2.55. The van der Waals surface area contributed by atoms with Gasteiger partial charge in [-0.25, -0.2) is 4.79 Å². The molecule has 21 heavy (non-hydrogen) atoms. The van der Waals surface area contributed by atoms with E-state index < -0.39 is 0 Å². The lowest BCUT2D eigenvalue weighted by molar-refractivity contribution is 0.0601. The Morgan fingerprint density at radius 2 is 1.52 bits per heavy atom. The Morgan fingerprint density at radius 3 is 2.05 bits per heavy atom. The summed E-state index contributed by atoms with van der Waals surface area (Å²) in [6, 6.07) is 15.4. The molecule has 0 aliphatic carbocycles. The van der Waals surface area contributed by atoms with Gasteiger partial charge in [0.25, 0.3) is 0 Å². The number of carbonyl (C=O) groups excluding carboxylic acids is 1. The normalized spacial score (nSPS) is 10.2. The van der Waals surface area contributed by atoms with E-state index in [1.54, 1.807) is 12.1 Å². The van der Waals surface area contributed by atoms with E-state index in [1.807, 2.05) is 36.4 Å². The topological polar surface area (TPSA) is 35.5 Å². The van der Waals surface area contributed by atoms with Gasteiger partial charge in [-0.2, -0.15) is 0 Å². The minimum atomic E-state index is -0.318. The molecule has 0 heterocycles. The van der Waals surface area contributed by atoms with Crippen LogP contribution in [0.4, 0.5) is 0 Å². The first-order valence-corrected chi connectivity index (χ1v) is 7.16. The summed E-state index contributed by atoms with van der Waals surface area (Å²) in [5.74, 6) is 0.569. The summed E-state index contributed by atoms with van der Waals surface area (Å²) in [6.07, 6.45) is 2.20. The van der Waals surface area contributed by atoms with E-state index in [4.69, 9.17) is 4.74 Å². The molecule has 0 unspecified atom stereocenters. The second-order valence-electron chi connectivity index (χ2n) is 4.80. The molecule has 0 amide bonds. The zero-order chi connectivity index (χ0) is 15.1. The highest BCUT2D eigenvalue weighted by Gasteiger charge is 2.05. The van der Waals surface area contributed by atoms with Gasteiger partial charge in [-0.15, -0.1) is 0 Å². The summed E-state index contributed by atoms with van der Waals surface area (Å²) < 4.78 is 10.3. The largest absolute Gasteiger partial charge is 0.494 e. The third-order valence-electron chi connectivity index (χ3n) is 3.26. The number of unbranched alkanes of at least 4 members (excludes halogenated alkanes) is 1. The highest BCUT2D eigenvalue weighted by atomic mass is 16.5. The maximum Gasteiger partial charge on any atom is 0.337 e. The van der Waals surface area contributed by atoms with Crippen LogP contribution in [0.1, 0.15) is 30.1 Å². The van der Waals surface area contributed by atoms with Gasteiger partial charge in [0.05, 0.1) is 19.3 Å². The molecule has 0 N–H and O–H groups in total. The van der Waals surface area contributed by atoms with Crippen molar-refractivity contribution in [2.24, 2.45) is 0 Å². The van der Waals surface area contributed by atoms with E-state index in [9.17, 15) is 4.79 Å². The van der Waals surface area contributed by atoms with Gasteiger partial charge in [-0.1, -0.05) is 37.6 Å². The Kier molecular flexibility index (Phi) is 5.38. The van der Waals surface area contributed by atoms with Crippen LogP contribution in [0.5, 0.6) is 5.75 Å². The van der Waals surface area contributed by atoms with Gasteiger partial charge >= 0.3 is 5.97 Å². The molecule has 2 aromatic carbocycles. The van der Waals surface area contributed by atoms with Crippen molar-refractivity contribution in [2.75, 3.05) is 13.7 Å². The highest BCUT2D eigenvalue weighted by molar-refractivity contribution is 5.89. The molecule has 2 aromatic rings. The predicted octanol–water partition coefficient (Wildman–Crippen LogP) is 4.32. The van der Waals surface area contributed by atoms with Gasteiger partial charge < -0.3 is 9.47 Å². The number of esters is 1. The second kappa shape index (κ2) is 7.48. The first kappa shape index (κ1) is 15.1. The minimum absolute atomic E-state index is 0.318. The summed E-state index contributed by atoms with van der Waals surface area (Å²) in [5, 5.41) is 0. The van der Waals surface area contributed by atoms with Gasteiger partial charge in [0.1, 0.15) is 5.75 Å². The molecule has 2 rings (SSSR count). The number of methoxy groups -OCH3 is 1. The van der Waals surface area contributed by atoms with E-state index in [2.05, 4.69) is 11.7 Å². The zero-order valence-electron chi connectivity index (χ0n) is 12.5. The molecular weight excluding hydrogens is 264 g/mol. The average molecular weight is 284 g/mol. The Morgan fingerprint density at radius 1 is 0.952 bits per heavy atom. The number of ether oxygens (including phenoxy) is 2. The van der Waals surface area contributed by atoms with Crippen molar-refractivity contribution in [3.63, 3.8) is 0 Å². The highest BCUT2D eigenvalue weighted by Crippen LogP contribution is 2.23. The molecule has 0 fully saturated rings. The third kappa shape index (κ3) is 4.09. The smallest absolute Gasteiger partial charge is 0.337 e. The van der Waals surface area contributed by atoms with Crippen LogP contribution in [0.15, 0.2) is 48.5 Å². The van der Waals surface area contributed by atoms with Crippen LogP contribution in [-0.2, 0) is 4.74 Å². The molecule has 0 atom stereocenters. The second-order valence-corrected chi connectivity index (χ2v) is 4.80. The Balaban J connectivity index is 2.06. The minimum Gasteiger partial charge on any atom is -0.494 e. The summed E-state index contributed by atoms with van der Waals surface area (Å²) >= 11 is 0. The first-order valence-electron chi connectivity index (χ1n) is 7.16. The lowest BCUT2D eigenvalue weighted by Crippen LogP contribution is -2.00. The van der Waals surface area contributed by atoms with Gasteiger partial charge in [-0.05, 0) is 41.8 Å². The van der Waals surface area contributed by atoms with Crippen LogP contribution in [0.3, 0.4) is 0 Å². The van der Waals surface area contributed by atoms with Crippen molar-refractivity contribution in [1.29, 1.82) is 0 Å². The first-order chi connectivity index (χ1) is 10.2. The van der Waals surface area contributed by atoms with Gasteiger partial charge in [-0.3, -0.25) is 0 Å². The standard InChI is InChI=1S/C18H20O3/c1-3-4-13-21-17-11-9-15(10-12-17)14-5-7-16(8-6-14)18(19)20-2/h5-12H,3-4,13H2,1-2H3. The molecule has 110 valence electrons. The van der Waals surface area contributed by atoms with Crippen molar-refractivity contribution >= 4 is 5.97 Å². The fourth-order valence-corrected chi connectivity index (χ4v) is 1.99. The number of rotatable bonds is 6. The Bertz CT molecular complexity index is 570. The molecular formula is C18H20O3. The molecule has 0 spiro atoms. The van der Waals surface area contributed by atoms with Gasteiger partial charge in [0.15, 0.2) is 0 Å². The Labute approximate surface area is 125 Å². The third-order valence-corrected chi connectivity index (χ3v) is 3.26. The monoisotopic (exact) mass is 284 g/mol. The predicted molar refractivity (Wildman–Crippen MR) is 83.6 cm³/mol. The summed E-state index contributed by atoms with van der Waals surface area (Å²) in [5.41, 5.74) is 2.71. The van der Waals surface area contributed by atoms with Crippen LogP contribution < -0.4 is 4.74 Å². The number of hydrogen-bond donors (Lipinski definition) is 0. The molecule has 0 aliphatic rings. The zero-order valence-corrected chi connectivity index (χ0v) is 12.5. The molecule has 0 radical (unpaired) electrons. The van der Waals surface area contributed by atoms with Gasteiger partial charge in [0.2, 0.25) is 0 Å². The lowest BCUT2D eigenvalue weighted by Gasteiger charge is -2.07. The van der Waals surface area contributed by atoms with Crippen molar-refractivity contribution in [3.05, 3.63) is 54.1 Å². The molecule has 0 aromatic heterocycles. The van der Waals surface area contributed by atoms with Gasteiger partial charge in [0, 0.05) is 0 Å². The molecule has 0 aliphatic heterocycles. The maximum atomic E-state index is 11.4. The van der Waals surface area contributed by atoms with Crippen molar-refractivity contribution in [2.45, 2.75) is 19.8 Å². The fraction of sp³-hybridized carbons (Fsp3) is 0.278. The summed E-state index contributed by atoms with van der Waals surface area (Å²) in [7, 11) is 1.38. The number of hydrogen-bond acceptors (Lipinski definition) is 3. The van der Waals surface area contributed by atoms with Crippen LogP contribution in [0, 0.1) is 0 Å². The molecule has 3 heteroatoms. The van der Waals surface area contributed by atoms with E-state index in [0.717, 1.165) is 36.3 Å². The Hall–Kier alpha value is -2.29. The van der Waals surface area contributed by atoms with Crippen LogP contribution in [0.2, 0.25) is 0 Å². The molecule has 0 saturated carbocycles. The van der Waals surface area contributed by atoms with E-state index in [1.165, 1.54) is 7.11 Å². The fourth-order valence-electron chi connectivity index (χ4n) is 1.99.